The first-order valence-electron chi connectivity index (χ1n) is 9.05. The van der Waals surface area contributed by atoms with E-state index < -0.39 is 0 Å². The van der Waals surface area contributed by atoms with E-state index in [1.54, 1.807) is 9.80 Å². The summed E-state index contributed by atoms with van der Waals surface area (Å²) in [6.07, 6.45) is 4.54. The number of hydrogen-bond acceptors (Lipinski definition) is 2. The molecule has 4 rings (SSSR count). The summed E-state index contributed by atoms with van der Waals surface area (Å²) < 4.78 is 2.05. The zero-order valence-corrected chi connectivity index (χ0v) is 14.4. The molecule has 2 N–H and O–H groups in total. The van der Waals surface area contributed by atoms with Crippen molar-refractivity contribution < 1.29 is 9.80 Å². The second kappa shape index (κ2) is 7.59. The van der Waals surface area contributed by atoms with Gasteiger partial charge in [-0.2, -0.15) is 4.68 Å². The lowest BCUT2D eigenvalue weighted by Gasteiger charge is -2.28. The fourth-order valence-electron chi connectivity index (χ4n) is 3.49. The van der Waals surface area contributed by atoms with Crippen LogP contribution in [0.5, 0.6) is 0 Å². The Bertz CT molecular complexity index is 831. The quantitative estimate of drug-likeness (QED) is 0.683. The number of aromatic nitrogens is 3. The Labute approximate surface area is 148 Å². The van der Waals surface area contributed by atoms with Crippen molar-refractivity contribution in [1.29, 1.82) is 0 Å². The van der Waals surface area contributed by atoms with Crippen molar-refractivity contribution in [2.24, 2.45) is 0 Å². The van der Waals surface area contributed by atoms with Gasteiger partial charge in [-0.05, 0) is 23.8 Å². The summed E-state index contributed by atoms with van der Waals surface area (Å²) >= 11 is 0. The molecular formula is C20H25N5+2. The number of fused-ring (bicyclic) bond motifs is 1. The van der Waals surface area contributed by atoms with Crippen molar-refractivity contribution in [2.75, 3.05) is 32.7 Å². The Balaban J connectivity index is 1.28. The first-order valence-corrected chi connectivity index (χ1v) is 9.05. The van der Waals surface area contributed by atoms with E-state index in [2.05, 4.69) is 64.9 Å². The van der Waals surface area contributed by atoms with Gasteiger partial charge in [-0.3, -0.25) is 0 Å². The van der Waals surface area contributed by atoms with Gasteiger partial charge in [-0.1, -0.05) is 53.8 Å². The third-order valence-electron chi connectivity index (χ3n) is 4.97. The molecule has 0 spiro atoms. The van der Waals surface area contributed by atoms with Gasteiger partial charge in [0.15, 0.2) is 6.67 Å². The molecule has 0 saturated carbocycles. The molecule has 0 aliphatic carbocycles. The Morgan fingerprint density at radius 3 is 2.44 bits per heavy atom. The molecule has 25 heavy (non-hydrogen) atoms. The number of hydrogen-bond donors (Lipinski definition) is 2. The number of rotatable bonds is 5. The molecule has 0 bridgehead atoms. The number of benzene rings is 2. The largest absolute Gasteiger partial charge is 0.322 e. The Morgan fingerprint density at radius 1 is 0.880 bits per heavy atom. The highest BCUT2D eigenvalue weighted by Crippen LogP contribution is 2.08. The third kappa shape index (κ3) is 3.95. The van der Waals surface area contributed by atoms with Crippen LogP contribution in [0.3, 0.4) is 0 Å². The van der Waals surface area contributed by atoms with Gasteiger partial charge in [0, 0.05) is 0 Å². The number of nitrogens with zero attached hydrogens (tertiary/aromatic N) is 3. The molecule has 0 amide bonds. The van der Waals surface area contributed by atoms with Gasteiger partial charge in [-0.25, -0.2) is 0 Å². The van der Waals surface area contributed by atoms with Gasteiger partial charge in [0.05, 0.1) is 12.1 Å². The molecule has 2 heterocycles. The smallest absolute Gasteiger partial charge is 0.175 e. The Hall–Kier alpha value is -2.50. The summed E-state index contributed by atoms with van der Waals surface area (Å²) in [6.45, 7) is 6.80. The molecule has 1 aliphatic rings. The van der Waals surface area contributed by atoms with Crippen LogP contribution in [-0.2, 0) is 6.67 Å². The van der Waals surface area contributed by atoms with Crippen LogP contribution in [-0.4, -0.2) is 47.7 Å². The molecule has 1 fully saturated rings. The number of para-hydroxylation sites is 1. The molecule has 0 atom stereocenters. The predicted octanol–water partition coefficient (Wildman–Crippen LogP) is -0.114. The van der Waals surface area contributed by atoms with Crippen molar-refractivity contribution in [3.63, 3.8) is 0 Å². The van der Waals surface area contributed by atoms with E-state index >= 15 is 0 Å². The summed E-state index contributed by atoms with van der Waals surface area (Å²) in [5, 5.41) is 8.57. The maximum Gasteiger partial charge on any atom is 0.175 e. The van der Waals surface area contributed by atoms with Crippen LogP contribution < -0.4 is 9.80 Å². The zero-order chi connectivity index (χ0) is 16.9. The van der Waals surface area contributed by atoms with Crippen molar-refractivity contribution in [3.8, 4) is 0 Å². The predicted molar refractivity (Wildman–Crippen MR) is 99.3 cm³/mol. The minimum Gasteiger partial charge on any atom is -0.322 e. The normalized spacial score (nSPS) is 21.1. The minimum absolute atomic E-state index is 0.910. The molecule has 5 heteroatoms. The fourth-order valence-corrected chi connectivity index (χ4v) is 3.49. The topological polar surface area (TPSA) is 39.6 Å². The molecule has 1 saturated heterocycles. The van der Waals surface area contributed by atoms with Crippen molar-refractivity contribution in [2.45, 2.75) is 6.67 Å². The summed E-state index contributed by atoms with van der Waals surface area (Å²) in [7, 11) is 0. The van der Waals surface area contributed by atoms with Crippen LogP contribution in [0.25, 0.3) is 17.1 Å². The highest BCUT2D eigenvalue weighted by molar-refractivity contribution is 5.73. The highest BCUT2D eigenvalue weighted by atomic mass is 15.5. The zero-order valence-electron chi connectivity index (χ0n) is 14.4. The van der Waals surface area contributed by atoms with Gasteiger partial charge in [0.2, 0.25) is 0 Å². The van der Waals surface area contributed by atoms with Crippen molar-refractivity contribution in [1.82, 2.24) is 15.0 Å². The molecule has 1 aliphatic heterocycles. The second-order valence-electron chi connectivity index (χ2n) is 6.75. The molecule has 128 valence electrons. The van der Waals surface area contributed by atoms with Gasteiger partial charge in [0.25, 0.3) is 0 Å². The molecular weight excluding hydrogens is 310 g/mol. The molecule has 5 nitrogen and oxygen atoms in total. The maximum atomic E-state index is 4.32. The lowest BCUT2D eigenvalue weighted by atomic mass is 10.2. The van der Waals surface area contributed by atoms with Crippen LogP contribution in [0.15, 0.2) is 60.7 Å². The van der Waals surface area contributed by atoms with Crippen LogP contribution >= 0.6 is 0 Å². The second-order valence-corrected chi connectivity index (χ2v) is 6.75. The summed E-state index contributed by atoms with van der Waals surface area (Å²) in [4.78, 5) is 3.26. The first kappa shape index (κ1) is 16.0. The van der Waals surface area contributed by atoms with E-state index in [1.165, 1.54) is 31.7 Å². The van der Waals surface area contributed by atoms with Crippen LogP contribution in [0.2, 0.25) is 0 Å². The lowest BCUT2D eigenvalue weighted by Crippen LogP contribution is -3.27. The third-order valence-corrected chi connectivity index (χ3v) is 4.97. The monoisotopic (exact) mass is 335 g/mol. The van der Waals surface area contributed by atoms with Crippen LogP contribution in [0, 0.1) is 0 Å². The van der Waals surface area contributed by atoms with Crippen molar-refractivity contribution >= 4 is 17.1 Å². The molecule has 3 aromatic rings. The van der Waals surface area contributed by atoms with E-state index in [4.69, 9.17) is 0 Å². The van der Waals surface area contributed by atoms with E-state index in [0.717, 1.165) is 24.2 Å². The molecule has 0 radical (unpaired) electrons. The minimum atomic E-state index is 0.910. The summed E-state index contributed by atoms with van der Waals surface area (Å²) in [6, 6.07) is 18.7. The van der Waals surface area contributed by atoms with Gasteiger partial charge in [0.1, 0.15) is 31.7 Å². The molecule has 1 aromatic heterocycles. The average molecular weight is 335 g/mol. The lowest BCUT2D eigenvalue weighted by molar-refractivity contribution is -1.02. The SMILES string of the molecule is C(=C/c1ccccc1)/C[NH+]1CC[NH+](Cn2nnc3ccccc32)CC1. The van der Waals surface area contributed by atoms with E-state index in [-0.39, 0.29) is 0 Å². The van der Waals surface area contributed by atoms with E-state index in [0.29, 0.717) is 0 Å². The van der Waals surface area contributed by atoms with Gasteiger partial charge in [-0.15, -0.1) is 5.10 Å². The Morgan fingerprint density at radius 2 is 1.60 bits per heavy atom. The summed E-state index contributed by atoms with van der Waals surface area (Å²) in [5.74, 6) is 0. The van der Waals surface area contributed by atoms with Gasteiger partial charge < -0.3 is 9.80 Å². The van der Waals surface area contributed by atoms with Crippen LogP contribution in [0.1, 0.15) is 5.56 Å². The van der Waals surface area contributed by atoms with E-state index in [9.17, 15) is 0 Å². The van der Waals surface area contributed by atoms with E-state index in [1.807, 2.05) is 16.8 Å². The highest BCUT2D eigenvalue weighted by Gasteiger charge is 2.22. The van der Waals surface area contributed by atoms with Crippen molar-refractivity contribution in [3.05, 3.63) is 66.2 Å². The number of quaternary nitrogens is 2. The average Bonchev–Trinajstić information content (AvgIpc) is 3.07. The fraction of sp³-hybridized carbons (Fsp3) is 0.300. The summed E-state index contributed by atoms with van der Waals surface area (Å²) in [5.41, 5.74) is 3.40. The molecule has 2 aromatic carbocycles. The standard InChI is InChI=1S/C20H23N5/c1-2-7-18(8-3-1)9-6-12-23-13-15-24(16-14-23)17-25-20-11-5-4-10-19(20)21-22-25/h1-11H,12-17H2/p+2/b9-6-. The maximum absolute atomic E-state index is 4.32. The number of piperazine rings is 1. The van der Waals surface area contributed by atoms with Crippen LogP contribution in [0.4, 0.5) is 0 Å². The molecule has 0 unspecified atom stereocenters. The number of nitrogens with one attached hydrogen (secondary N) is 2. The first-order chi connectivity index (χ1) is 12.4. The van der Waals surface area contributed by atoms with Gasteiger partial charge >= 0.3 is 0 Å². The Kier molecular flexibility index (Phi) is 4.86.